The van der Waals surface area contributed by atoms with Gasteiger partial charge in [-0.1, -0.05) is 54.6 Å². The first-order valence-electron chi connectivity index (χ1n) is 10.4. The molecule has 7 nitrogen and oxygen atoms in total. The number of sulfonamides is 1. The number of fused-ring (bicyclic) bond motifs is 2. The van der Waals surface area contributed by atoms with Crippen molar-refractivity contribution in [3.05, 3.63) is 84.8 Å². The number of hydrogen-bond donors (Lipinski definition) is 2. The molecular formula is C25H23N5O2S. The van der Waals surface area contributed by atoms with E-state index in [1.54, 1.807) is 28.9 Å². The first-order valence-corrected chi connectivity index (χ1v) is 12.0. The van der Waals surface area contributed by atoms with E-state index in [4.69, 9.17) is 10.9 Å². The van der Waals surface area contributed by atoms with Crippen molar-refractivity contribution in [2.24, 2.45) is 10.9 Å². The third-order valence-corrected chi connectivity index (χ3v) is 6.77. The van der Waals surface area contributed by atoms with Crippen LogP contribution in [0.3, 0.4) is 0 Å². The van der Waals surface area contributed by atoms with Crippen molar-refractivity contribution >= 4 is 26.4 Å². The maximum absolute atomic E-state index is 12.0. The Kier molecular flexibility index (Phi) is 4.82. The van der Waals surface area contributed by atoms with Gasteiger partial charge in [-0.15, -0.1) is 0 Å². The van der Waals surface area contributed by atoms with Crippen molar-refractivity contribution in [3.8, 4) is 22.3 Å². The number of nitrogens with zero attached hydrogens (tertiary/aromatic N) is 3. The summed E-state index contributed by atoms with van der Waals surface area (Å²) in [6.45, 7) is 3.94. The highest BCUT2D eigenvalue weighted by atomic mass is 32.2. The summed E-state index contributed by atoms with van der Waals surface area (Å²) in [7, 11) is -3.85. The van der Waals surface area contributed by atoms with Crippen LogP contribution in [0.5, 0.6) is 0 Å². The van der Waals surface area contributed by atoms with Crippen LogP contribution in [-0.4, -0.2) is 23.0 Å². The molecule has 33 heavy (non-hydrogen) atoms. The van der Waals surface area contributed by atoms with E-state index < -0.39 is 15.6 Å². The number of aromatic nitrogens is 3. The molecular weight excluding hydrogens is 434 g/mol. The smallest absolute Gasteiger partial charge is 0.238 e. The van der Waals surface area contributed by atoms with Crippen molar-refractivity contribution in [1.29, 1.82) is 0 Å². The number of benzene rings is 3. The molecule has 0 bridgehead atoms. The van der Waals surface area contributed by atoms with Gasteiger partial charge in [-0.05, 0) is 42.0 Å². The van der Waals surface area contributed by atoms with Gasteiger partial charge in [-0.2, -0.15) is 5.10 Å². The SMILES string of the molecule is CC(C)(N)c1ccc(-c2cnc3c(-c4ccc(S(N)(=O)=O)c5ccccc45)cnn3c2)cc1. The van der Waals surface area contributed by atoms with Crippen molar-refractivity contribution in [1.82, 2.24) is 14.6 Å². The van der Waals surface area contributed by atoms with Gasteiger partial charge in [0.25, 0.3) is 0 Å². The Morgan fingerprint density at radius 3 is 2.21 bits per heavy atom. The summed E-state index contributed by atoms with van der Waals surface area (Å²) in [5.41, 5.74) is 11.1. The molecule has 5 rings (SSSR count). The van der Waals surface area contributed by atoms with Gasteiger partial charge in [0.2, 0.25) is 10.0 Å². The fourth-order valence-electron chi connectivity index (χ4n) is 4.06. The fourth-order valence-corrected chi connectivity index (χ4v) is 4.80. The zero-order valence-electron chi connectivity index (χ0n) is 18.2. The summed E-state index contributed by atoms with van der Waals surface area (Å²) in [5.74, 6) is 0. The minimum Gasteiger partial charge on any atom is -0.322 e. The van der Waals surface area contributed by atoms with E-state index in [0.29, 0.717) is 11.0 Å². The predicted octanol–water partition coefficient (Wildman–Crippen LogP) is 4.06. The summed E-state index contributed by atoms with van der Waals surface area (Å²) >= 11 is 0. The molecule has 0 amide bonds. The van der Waals surface area contributed by atoms with Crippen LogP contribution < -0.4 is 10.9 Å². The summed E-state index contributed by atoms with van der Waals surface area (Å²) in [5, 5.41) is 11.3. The summed E-state index contributed by atoms with van der Waals surface area (Å²) < 4.78 is 25.8. The Balaban J connectivity index is 1.61. The second kappa shape index (κ2) is 7.48. The minimum absolute atomic E-state index is 0.0951. The lowest BCUT2D eigenvalue weighted by molar-refractivity contribution is 0.554. The standard InChI is InChI=1S/C25H23N5O2S/c1-25(2,26)18-9-7-16(8-10-18)17-13-28-24-22(14-29-30(24)15-17)20-11-12-23(33(27,31)32)21-6-4-3-5-19(20)21/h3-15H,26H2,1-2H3,(H2,27,31,32). The molecule has 0 saturated heterocycles. The van der Waals surface area contributed by atoms with Gasteiger partial charge in [0.05, 0.1) is 11.1 Å². The fraction of sp³-hybridized carbons (Fsp3) is 0.120. The zero-order valence-corrected chi connectivity index (χ0v) is 19.0. The first-order chi connectivity index (χ1) is 15.6. The summed E-state index contributed by atoms with van der Waals surface area (Å²) in [6, 6.07) is 18.7. The number of nitrogens with two attached hydrogens (primary N) is 2. The maximum Gasteiger partial charge on any atom is 0.238 e. The Morgan fingerprint density at radius 1 is 0.848 bits per heavy atom. The van der Waals surface area contributed by atoms with Gasteiger partial charge in [0, 0.05) is 34.4 Å². The molecule has 0 aliphatic rings. The molecule has 0 fully saturated rings. The van der Waals surface area contributed by atoms with Gasteiger partial charge in [-0.3, -0.25) is 0 Å². The lowest BCUT2D eigenvalue weighted by Crippen LogP contribution is -2.28. The van der Waals surface area contributed by atoms with Gasteiger partial charge in [0.1, 0.15) is 0 Å². The van der Waals surface area contributed by atoms with E-state index in [1.165, 1.54) is 6.07 Å². The molecule has 166 valence electrons. The number of hydrogen-bond acceptors (Lipinski definition) is 5. The Morgan fingerprint density at radius 2 is 1.55 bits per heavy atom. The molecule has 0 spiro atoms. The molecule has 0 atom stereocenters. The van der Waals surface area contributed by atoms with Crippen molar-refractivity contribution < 1.29 is 8.42 Å². The Hall–Kier alpha value is -3.59. The number of rotatable bonds is 4. The lowest BCUT2D eigenvalue weighted by atomic mass is 9.94. The third kappa shape index (κ3) is 3.78. The second-order valence-corrected chi connectivity index (χ2v) is 10.2. The van der Waals surface area contributed by atoms with Gasteiger partial charge >= 0.3 is 0 Å². The molecule has 3 aromatic carbocycles. The van der Waals surface area contributed by atoms with Crippen molar-refractivity contribution in [2.45, 2.75) is 24.3 Å². The van der Waals surface area contributed by atoms with Crippen LogP contribution in [-0.2, 0) is 15.6 Å². The molecule has 0 saturated carbocycles. The van der Waals surface area contributed by atoms with E-state index in [2.05, 4.69) is 10.1 Å². The average Bonchev–Trinajstić information content (AvgIpc) is 3.20. The quantitative estimate of drug-likeness (QED) is 0.422. The van der Waals surface area contributed by atoms with Gasteiger partial charge in [0.15, 0.2) is 5.65 Å². The molecule has 4 N–H and O–H groups in total. The van der Waals surface area contributed by atoms with Crippen molar-refractivity contribution in [3.63, 3.8) is 0 Å². The van der Waals surface area contributed by atoms with Crippen LogP contribution in [0.4, 0.5) is 0 Å². The zero-order chi connectivity index (χ0) is 23.4. The molecule has 0 unspecified atom stereocenters. The summed E-state index contributed by atoms with van der Waals surface area (Å²) in [4.78, 5) is 4.77. The topological polar surface area (TPSA) is 116 Å². The molecule has 5 aromatic rings. The van der Waals surface area contributed by atoms with Crippen molar-refractivity contribution in [2.75, 3.05) is 0 Å². The number of primary sulfonamides is 1. The van der Waals surface area contributed by atoms with E-state index >= 15 is 0 Å². The van der Waals surface area contributed by atoms with Crippen LogP contribution >= 0.6 is 0 Å². The molecule has 0 aliphatic heterocycles. The van der Waals surface area contributed by atoms with Crippen LogP contribution in [0.2, 0.25) is 0 Å². The van der Waals surface area contributed by atoms with E-state index in [0.717, 1.165) is 33.2 Å². The average molecular weight is 458 g/mol. The third-order valence-electron chi connectivity index (χ3n) is 5.80. The highest BCUT2D eigenvalue weighted by molar-refractivity contribution is 7.89. The highest BCUT2D eigenvalue weighted by Crippen LogP contribution is 2.34. The molecule has 0 aliphatic carbocycles. The van der Waals surface area contributed by atoms with Crippen LogP contribution in [0.15, 0.2) is 84.1 Å². The van der Waals surface area contributed by atoms with E-state index in [9.17, 15) is 8.42 Å². The second-order valence-electron chi connectivity index (χ2n) is 8.67. The van der Waals surface area contributed by atoms with E-state index in [1.807, 2.05) is 62.6 Å². The Labute approximate surface area is 191 Å². The van der Waals surface area contributed by atoms with Gasteiger partial charge < -0.3 is 5.73 Å². The molecule has 2 aromatic heterocycles. The highest BCUT2D eigenvalue weighted by Gasteiger charge is 2.18. The van der Waals surface area contributed by atoms with Crippen LogP contribution in [0.25, 0.3) is 38.7 Å². The predicted molar refractivity (Wildman–Crippen MR) is 130 cm³/mol. The van der Waals surface area contributed by atoms with Crippen LogP contribution in [0, 0.1) is 0 Å². The molecule has 0 radical (unpaired) electrons. The molecule has 8 heteroatoms. The maximum atomic E-state index is 12.0. The Bertz CT molecular complexity index is 1620. The first kappa shape index (κ1) is 21.3. The summed E-state index contributed by atoms with van der Waals surface area (Å²) in [6.07, 6.45) is 5.48. The van der Waals surface area contributed by atoms with Crippen LogP contribution in [0.1, 0.15) is 19.4 Å². The lowest BCUT2D eigenvalue weighted by Gasteiger charge is -2.19. The largest absolute Gasteiger partial charge is 0.322 e. The normalized spacial score (nSPS) is 12.5. The molecule has 2 heterocycles. The van der Waals surface area contributed by atoms with Gasteiger partial charge in [-0.25, -0.2) is 23.1 Å². The minimum atomic E-state index is -3.85. The monoisotopic (exact) mass is 457 g/mol. The van der Waals surface area contributed by atoms with E-state index in [-0.39, 0.29) is 4.90 Å².